The minimum Gasteiger partial charge on any atom is -0.377 e. The number of sulfone groups is 1. The van der Waals surface area contributed by atoms with Crippen LogP contribution in [0.5, 0.6) is 0 Å². The van der Waals surface area contributed by atoms with Crippen molar-refractivity contribution in [1.82, 2.24) is 0 Å². The van der Waals surface area contributed by atoms with E-state index in [0.29, 0.717) is 12.8 Å². The standard InChI is InChI=1S/C10H22O3S/c1-3-5-7-9-14(12,13)10(11)8-6-4-2/h10-11H,3-9H2,1-2H3. The zero-order valence-electron chi connectivity index (χ0n) is 9.20. The molecule has 0 fully saturated rings. The Morgan fingerprint density at radius 1 is 1.07 bits per heavy atom. The zero-order valence-corrected chi connectivity index (χ0v) is 10.0. The largest absolute Gasteiger partial charge is 0.377 e. The second kappa shape index (κ2) is 7.23. The van der Waals surface area contributed by atoms with E-state index < -0.39 is 15.3 Å². The van der Waals surface area contributed by atoms with Crippen LogP contribution in [0, 0.1) is 0 Å². The Bertz CT molecular complexity index is 222. The predicted molar refractivity (Wildman–Crippen MR) is 58.8 cm³/mol. The summed E-state index contributed by atoms with van der Waals surface area (Å²) in [6.45, 7) is 4.01. The predicted octanol–water partition coefficient (Wildman–Crippen LogP) is 2.10. The molecule has 0 aromatic rings. The molecular weight excluding hydrogens is 200 g/mol. The van der Waals surface area contributed by atoms with Gasteiger partial charge in [0.2, 0.25) is 0 Å². The first-order valence-corrected chi connectivity index (χ1v) is 7.15. The monoisotopic (exact) mass is 222 g/mol. The Hall–Kier alpha value is -0.0900. The van der Waals surface area contributed by atoms with Crippen molar-refractivity contribution in [3.05, 3.63) is 0 Å². The third kappa shape index (κ3) is 5.60. The van der Waals surface area contributed by atoms with Crippen molar-refractivity contribution in [2.75, 3.05) is 5.75 Å². The molecule has 0 saturated heterocycles. The highest BCUT2D eigenvalue weighted by atomic mass is 32.2. The SMILES string of the molecule is CCCCCS(=O)(=O)C(O)CCCC. The summed E-state index contributed by atoms with van der Waals surface area (Å²) >= 11 is 0. The van der Waals surface area contributed by atoms with Crippen LogP contribution in [0.25, 0.3) is 0 Å². The van der Waals surface area contributed by atoms with Gasteiger partial charge in [-0.2, -0.15) is 0 Å². The van der Waals surface area contributed by atoms with Gasteiger partial charge in [0.1, 0.15) is 0 Å². The molecule has 86 valence electrons. The number of rotatable bonds is 8. The van der Waals surface area contributed by atoms with Gasteiger partial charge in [-0.15, -0.1) is 0 Å². The van der Waals surface area contributed by atoms with E-state index >= 15 is 0 Å². The molecule has 0 spiro atoms. The summed E-state index contributed by atoms with van der Waals surface area (Å²) in [4.78, 5) is 0. The van der Waals surface area contributed by atoms with Crippen molar-refractivity contribution >= 4 is 9.84 Å². The summed E-state index contributed by atoms with van der Waals surface area (Å²) in [7, 11) is -3.25. The summed E-state index contributed by atoms with van der Waals surface area (Å²) in [6, 6.07) is 0. The van der Waals surface area contributed by atoms with Crippen molar-refractivity contribution in [1.29, 1.82) is 0 Å². The van der Waals surface area contributed by atoms with Gasteiger partial charge in [-0.05, 0) is 12.8 Å². The quantitative estimate of drug-likeness (QED) is 0.640. The van der Waals surface area contributed by atoms with E-state index in [9.17, 15) is 13.5 Å². The van der Waals surface area contributed by atoms with Gasteiger partial charge in [0.25, 0.3) is 0 Å². The van der Waals surface area contributed by atoms with E-state index in [1.165, 1.54) is 0 Å². The molecule has 14 heavy (non-hydrogen) atoms. The average molecular weight is 222 g/mol. The van der Waals surface area contributed by atoms with Crippen LogP contribution in [0.15, 0.2) is 0 Å². The minimum atomic E-state index is -3.25. The molecular formula is C10H22O3S. The summed E-state index contributed by atoms with van der Waals surface area (Å²) in [5.41, 5.74) is -1.14. The highest BCUT2D eigenvalue weighted by molar-refractivity contribution is 7.91. The number of hydrogen-bond acceptors (Lipinski definition) is 3. The molecule has 0 aliphatic carbocycles. The van der Waals surface area contributed by atoms with Gasteiger partial charge in [-0.3, -0.25) is 0 Å². The molecule has 0 amide bonds. The fraction of sp³-hybridized carbons (Fsp3) is 1.00. The molecule has 4 heteroatoms. The third-order valence-electron chi connectivity index (χ3n) is 2.25. The second-order valence-electron chi connectivity index (χ2n) is 3.67. The molecule has 1 atom stereocenters. The first-order valence-electron chi connectivity index (χ1n) is 5.44. The maximum absolute atomic E-state index is 11.5. The fourth-order valence-corrected chi connectivity index (χ4v) is 2.65. The van der Waals surface area contributed by atoms with E-state index in [2.05, 4.69) is 0 Å². The molecule has 0 aliphatic rings. The Kier molecular flexibility index (Phi) is 7.19. The molecule has 0 aromatic carbocycles. The smallest absolute Gasteiger partial charge is 0.176 e. The van der Waals surface area contributed by atoms with E-state index in [1.54, 1.807) is 0 Å². The Morgan fingerprint density at radius 2 is 1.64 bits per heavy atom. The Balaban J connectivity index is 3.91. The molecule has 3 nitrogen and oxygen atoms in total. The molecule has 0 heterocycles. The summed E-state index contributed by atoms with van der Waals surface area (Å²) in [6.07, 6.45) is 4.66. The fourth-order valence-electron chi connectivity index (χ4n) is 1.25. The van der Waals surface area contributed by atoms with E-state index in [1.807, 2.05) is 13.8 Å². The van der Waals surface area contributed by atoms with Gasteiger partial charge in [0, 0.05) is 0 Å². The first kappa shape index (κ1) is 13.9. The minimum absolute atomic E-state index is 0.131. The first-order chi connectivity index (χ1) is 6.54. The number of aliphatic hydroxyl groups excluding tert-OH is 1. The molecule has 0 bridgehead atoms. The van der Waals surface area contributed by atoms with Crippen molar-refractivity contribution in [2.45, 2.75) is 57.8 Å². The van der Waals surface area contributed by atoms with Crippen molar-refractivity contribution in [3.8, 4) is 0 Å². The lowest BCUT2D eigenvalue weighted by Crippen LogP contribution is -2.23. The molecule has 1 unspecified atom stereocenters. The van der Waals surface area contributed by atoms with Crippen LogP contribution < -0.4 is 0 Å². The van der Waals surface area contributed by atoms with Gasteiger partial charge in [0.05, 0.1) is 5.75 Å². The Morgan fingerprint density at radius 3 is 2.14 bits per heavy atom. The number of unbranched alkanes of at least 4 members (excludes halogenated alkanes) is 3. The third-order valence-corrected chi connectivity index (χ3v) is 4.17. The molecule has 0 rings (SSSR count). The van der Waals surface area contributed by atoms with Crippen LogP contribution in [-0.2, 0) is 9.84 Å². The average Bonchev–Trinajstić information content (AvgIpc) is 2.14. The maximum atomic E-state index is 11.5. The van der Waals surface area contributed by atoms with Crippen molar-refractivity contribution in [3.63, 3.8) is 0 Å². The van der Waals surface area contributed by atoms with Crippen LogP contribution in [0.3, 0.4) is 0 Å². The molecule has 0 saturated carbocycles. The number of aliphatic hydroxyl groups is 1. The van der Waals surface area contributed by atoms with Crippen LogP contribution in [-0.4, -0.2) is 24.7 Å². The molecule has 0 aliphatic heterocycles. The highest BCUT2D eigenvalue weighted by Crippen LogP contribution is 2.10. The summed E-state index contributed by atoms with van der Waals surface area (Å²) in [5, 5.41) is 9.42. The molecule has 0 radical (unpaired) electrons. The molecule has 0 aromatic heterocycles. The lowest BCUT2D eigenvalue weighted by molar-refractivity contribution is 0.234. The van der Waals surface area contributed by atoms with Gasteiger partial charge in [0.15, 0.2) is 15.3 Å². The maximum Gasteiger partial charge on any atom is 0.176 e. The van der Waals surface area contributed by atoms with Gasteiger partial charge < -0.3 is 5.11 Å². The van der Waals surface area contributed by atoms with E-state index in [4.69, 9.17) is 0 Å². The van der Waals surface area contributed by atoms with Crippen molar-refractivity contribution in [2.24, 2.45) is 0 Å². The van der Waals surface area contributed by atoms with Crippen LogP contribution in [0.2, 0.25) is 0 Å². The van der Waals surface area contributed by atoms with Gasteiger partial charge in [-0.25, -0.2) is 8.42 Å². The summed E-state index contributed by atoms with van der Waals surface area (Å²) in [5.74, 6) is 0.131. The van der Waals surface area contributed by atoms with Gasteiger partial charge in [-0.1, -0.05) is 39.5 Å². The highest BCUT2D eigenvalue weighted by Gasteiger charge is 2.21. The summed E-state index contributed by atoms with van der Waals surface area (Å²) < 4.78 is 22.9. The zero-order chi connectivity index (χ0) is 11.0. The topological polar surface area (TPSA) is 54.4 Å². The van der Waals surface area contributed by atoms with Crippen molar-refractivity contribution < 1.29 is 13.5 Å². The van der Waals surface area contributed by atoms with E-state index in [-0.39, 0.29) is 5.75 Å². The lowest BCUT2D eigenvalue weighted by atomic mass is 10.3. The van der Waals surface area contributed by atoms with Gasteiger partial charge >= 0.3 is 0 Å². The van der Waals surface area contributed by atoms with Crippen LogP contribution in [0.4, 0.5) is 0 Å². The lowest BCUT2D eigenvalue weighted by Gasteiger charge is -2.10. The molecule has 1 N–H and O–H groups in total. The van der Waals surface area contributed by atoms with E-state index in [0.717, 1.165) is 25.7 Å². The van der Waals surface area contributed by atoms with Crippen LogP contribution >= 0.6 is 0 Å². The Labute approximate surface area is 87.4 Å². The van der Waals surface area contributed by atoms with Crippen LogP contribution in [0.1, 0.15) is 52.4 Å². The number of hydrogen-bond donors (Lipinski definition) is 1. The normalized spacial score (nSPS) is 14.2. The second-order valence-corrected chi connectivity index (χ2v) is 5.95.